The quantitative estimate of drug-likeness (QED) is 0.655. The molecule has 6 nitrogen and oxygen atoms in total. The number of hydrogen-bond donors (Lipinski definition) is 0. The Bertz CT molecular complexity index is 864. The largest absolute Gasteiger partial charge is 0.467 e. The van der Waals surface area contributed by atoms with Crippen molar-refractivity contribution in [2.45, 2.75) is 17.5 Å². The second-order valence-electron chi connectivity index (χ2n) is 5.29. The van der Waals surface area contributed by atoms with Gasteiger partial charge in [0.2, 0.25) is 0 Å². The standard InChI is InChI=1S/C16H14ClN3O3S/c1-20-15(13-3-2-4-22-13)18-19-16(20)24-8-11-6-12(17)5-10-7-21-9-23-14(10)11/h2-6H,7-9H2,1H3. The minimum Gasteiger partial charge on any atom is -0.467 e. The molecule has 0 atom stereocenters. The summed E-state index contributed by atoms with van der Waals surface area (Å²) in [4.78, 5) is 0. The second-order valence-corrected chi connectivity index (χ2v) is 6.67. The summed E-state index contributed by atoms with van der Waals surface area (Å²) in [5.74, 6) is 2.91. The normalized spacial score (nSPS) is 13.6. The van der Waals surface area contributed by atoms with Crippen molar-refractivity contribution in [1.82, 2.24) is 14.8 Å². The molecule has 3 aromatic rings. The van der Waals surface area contributed by atoms with Crippen LogP contribution in [-0.2, 0) is 24.1 Å². The van der Waals surface area contributed by atoms with Crippen molar-refractivity contribution < 1.29 is 13.9 Å². The fourth-order valence-electron chi connectivity index (χ4n) is 2.57. The van der Waals surface area contributed by atoms with Gasteiger partial charge < -0.3 is 18.5 Å². The van der Waals surface area contributed by atoms with Crippen LogP contribution >= 0.6 is 23.4 Å². The lowest BCUT2D eigenvalue weighted by Gasteiger charge is -2.20. The van der Waals surface area contributed by atoms with Gasteiger partial charge in [0.15, 0.2) is 23.5 Å². The molecule has 0 saturated heterocycles. The zero-order valence-electron chi connectivity index (χ0n) is 12.9. The van der Waals surface area contributed by atoms with E-state index in [-0.39, 0.29) is 6.79 Å². The van der Waals surface area contributed by atoms with Gasteiger partial charge in [-0.15, -0.1) is 10.2 Å². The Morgan fingerprint density at radius 1 is 1.33 bits per heavy atom. The van der Waals surface area contributed by atoms with E-state index >= 15 is 0 Å². The summed E-state index contributed by atoms with van der Waals surface area (Å²) in [7, 11) is 1.91. The second kappa shape index (κ2) is 6.51. The third kappa shape index (κ3) is 2.90. The summed E-state index contributed by atoms with van der Waals surface area (Å²) in [5.41, 5.74) is 1.99. The average molecular weight is 364 g/mol. The number of thioether (sulfide) groups is 1. The van der Waals surface area contributed by atoms with E-state index in [1.54, 1.807) is 18.0 Å². The Morgan fingerprint density at radius 3 is 3.08 bits per heavy atom. The van der Waals surface area contributed by atoms with Crippen LogP contribution in [0.4, 0.5) is 0 Å². The molecule has 24 heavy (non-hydrogen) atoms. The Balaban J connectivity index is 1.57. The molecule has 0 N–H and O–H groups in total. The van der Waals surface area contributed by atoms with Crippen molar-refractivity contribution >= 4 is 23.4 Å². The van der Waals surface area contributed by atoms with E-state index in [0.29, 0.717) is 29.0 Å². The Hall–Kier alpha value is -1.96. The van der Waals surface area contributed by atoms with E-state index in [9.17, 15) is 0 Å². The van der Waals surface area contributed by atoms with E-state index < -0.39 is 0 Å². The van der Waals surface area contributed by atoms with Crippen molar-refractivity contribution in [3.05, 3.63) is 46.7 Å². The van der Waals surface area contributed by atoms with Crippen LogP contribution in [0.2, 0.25) is 5.02 Å². The molecule has 4 rings (SSSR count). The van der Waals surface area contributed by atoms with Crippen LogP contribution in [0.3, 0.4) is 0 Å². The molecule has 0 aliphatic carbocycles. The summed E-state index contributed by atoms with van der Waals surface area (Å²) < 4.78 is 18.2. The number of aromatic nitrogens is 3. The van der Waals surface area contributed by atoms with Crippen molar-refractivity contribution in [2.75, 3.05) is 6.79 Å². The lowest BCUT2D eigenvalue weighted by atomic mass is 10.1. The number of benzene rings is 1. The molecular formula is C16H14ClN3O3S. The van der Waals surface area contributed by atoms with Crippen molar-refractivity contribution in [1.29, 1.82) is 0 Å². The van der Waals surface area contributed by atoms with Crippen molar-refractivity contribution in [2.24, 2.45) is 7.05 Å². The van der Waals surface area contributed by atoms with Crippen LogP contribution in [0.1, 0.15) is 11.1 Å². The maximum absolute atomic E-state index is 6.20. The van der Waals surface area contributed by atoms with Gasteiger partial charge in [0.05, 0.1) is 12.9 Å². The van der Waals surface area contributed by atoms with Gasteiger partial charge in [0, 0.05) is 29.0 Å². The highest BCUT2D eigenvalue weighted by Gasteiger charge is 2.18. The average Bonchev–Trinajstić information content (AvgIpc) is 3.22. The third-order valence-corrected chi connectivity index (χ3v) is 4.97. The van der Waals surface area contributed by atoms with E-state index in [1.807, 2.05) is 35.9 Å². The maximum atomic E-state index is 6.20. The molecule has 8 heteroatoms. The highest BCUT2D eigenvalue weighted by molar-refractivity contribution is 7.98. The number of ether oxygens (including phenoxy) is 2. The van der Waals surface area contributed by atoms with Crippen LogP contribution < -0.4 is 4.74 Å². The zero-order valence-corrected chi connectivity index (χ0v) is 14.4. The van der Waals surface area contributed by atoms with E-state index in [0.717, 1.165) is 22.0 Å². The predicted octanol–water partition coefficient (Wildman–Crippen LogP) is 3.89. The Labute approximate surface area is 147 Å². The molecule has 0 bridgehead atoms. The summed E-state index contributed by atoms with van der Waals surface area (Å²) in [5, 5.41) is 9.90. The molecule has 1 aliphatic heterocycles. The van der Waals surface area contributed by atoms with Gasteiger partial charge in [0.25, 0.3) is 0 Å². The van der Waals surface area contributed by atoms with Gasteiger partial charge in [-0.25, -0.2) is 0 Å². The fraction of sp³-hybridized carbons (Fsp3) is 0.250. The first-order valence-electron chi connectivity index (χ1n) is 7.30. The summed E-state index contributed by atoms with van der Waals surface area (Å²) in [6.45, 7) is 0.777. The first-order chi connectivity index (χ1) is 11.7. The minimum absolute atomic E-state index is 0.263. The monoisotopic (exact) mass is 363 g/mol. The number of rotatable bonds is 4. The van der Waals surface area contributed by atoms with E-state index in [4.69, 9.17) is 25.5 Å². The number of hydrogen-bond acceptors (Lipinski definition) is 6. The number of nitrogens with zero attached hydrogens (tertiary/aromatic N) is 3. The summed E-state index contributed by atoms with van der Waals surface area (Å²) in [6, 6.07) is 7.48. The summed E-state index contributed by atoms with van der Waals surface area (Å²) >= 11 is 7.77. The van der Waals surface area contributed by atoms with Gasteiger partial charge in [0.1, 0.15) is 5.75 Å². The zero-order chi connectivity index (χ0) is 16.5. The highest BCUT2D eigenvalue weighted by Crippen LogP contribution is 2.35. The molecule has 0 radical (unpaired) electrons. The van der Waals surface area contributed by atoms with Crippen molar-refractivity contribution in [3.8, 4) is 17.3 Å². The van der Waals surface area contributed by atoms with Crippen LogP contribution in [0.5, 0.6) is 5.75 Å². The predicted molar refractivity (Wildman–Crippen MR) is 90.0 cm³/mol. The molecule has 124 valence electrons. The fourth-order valence-corrected chi connectivity index (χ4v) is 3.71. The first kappa shape index (κ1) is 15.6. The van der Waals surface area contributed by atoms with Gasteiger partial charge in [-0.1, -0.05) is 23.4 Å². The number of furan rings is 1. The Morgan fingerprint density at radius 2 is 2.25 bits per heavy atom. The smallest absolute Gasteiger partial charge is 0.200 e. The summed E-state index contributed by atoms with van der Waals surface area (Å²) in [6.07, 6.45) is 1.62. The molecule has 3 heterocycles. The molecule has 1 aliphatic rings. The maximum Gasteiger partial charge on any atom is 0.200 e. The lowest BCUT2D eigenvalue weighted by Crippen LogP contribution is -2.13. The highest BCUT2D eigenvalue weighted by atomic mass is 35.5. The SMILES string of the molecule is Cn1c(SCc2cc(Cl)cc3c2OCOC3)nnc1-c1ccco1. The molecule has 2 aromatic heterocycles. The first-order valence-corrected chi connectivity index (χ1v) is 8.66. The van der Waals surface area contributed by atoms with Crippen LogP contribution in [0.15, 0.2) is 40.1 Å². The van der Waals surface area contributed by atoms with Crippen LogP contribution in [0.25, 0.3) is 11.6 Å². The Kier molecular flexibility index (Phi) is 4.22. The van der Waals surface area contributed by atoms with Gasteiger partial charge in [-0.3, -0.25) is 0 Å². The minimum atomic E-state index is 0.263. The molecule has 0 saturated carbocycles. The van der Waals surface area contributed by atoms with Gasteiger partial charge in [-0.05, 0) is 24.3 Å². The van der Waals surface area contributed by atoms with Crippen LogP contribution in [-0.4, -0.2) is 21.6 Å². The van der Waals surface area contributed by atoms with Crippen LogP contribution in [0, 0.1) is 0 Å². The number of fused-ring (bicyclic) bond motifs is 1. The topological polar surface area (TPSA) is 62.3 Å². The van der Waals surface area contributed by atoms with Crippen molar-refractivity contribution in [3.63, 3.8) is 0 Å². The molecule has 0 unspecified atom stereocenters. The number of halogens is 1. The van der Waals surface area contributed by atoms with E-state index in [1.165, 1.54) is 0 Å². The lowest BCUT2D eigenvalue weighted by molar-refractivity contribution is -0.0168. The van der Waals surface area contributed by atoms with E-state index in [2.05, 4.69) is 10.2 Å². The molecule has 0 fully saturated rings. The third-order valence-electron chi connectivity index (χ3n) is 3.68. The van der Waals surface area contributed by atoms with Gasteiger partial charge >= 0.3 is 0 Å². The van der Waals surface area contributed by atoms with Gasteiger partial charge in [-0.2, -0.15) is 0 Å². The molecule has 0 spiro atoms. The molecule has 1 aromatic carbocycles. The molecule has 0 amide bonds. The molecular weight excluding hydrogens is 350 g/mol.